The lowest BCUT2D eigenvalue weighted by Gasteiger charge is -2.21. The molecule has 1 aliphatic rings. The SMILES string of the molecule is CCNC(=NCC1(C)CCCO1)NCCCCOCc1ccccc1.I. The van der Waals surface area contributed by atoms with E-state index in [-0.39, 0.29) is 29.6 Å². The maximum Gasteiger partial charge on any atom is 0.191 e. The summed E-state index contributed by atoms with van der Waals surface area (Å²) in [6.07, 6.45) is 4.33. The first-order valence-electron chi connectivity index (χ1n) is 9.50. The highest BCUT2D eigenvalue weighted by molar-refractivity contribution is 14.0. The van der Waals surface area contributed by atoms with E-state index in [1.54, 1.807) is 0 Å². The first-order chi connectivity index (χ1) is 12.2. The van der Waals surface area contributed by atoms with Crippen molar-refractivity contribution >= 4 is 29.9 Å². The Hall–Kier alpha value is -0.860. The Labute approximate surface area is 175 Å². The highest BCUT2D eigenvalue weighted by Gasteiger charge is 2.29. The van der Waals surface area contributed by atoms with Crippen molar-refractivity contribution < 1.29 is 9.47 Å². The number of hydrogen-bond acceptors (Lipinski definition) is 3. The molecule has 2 rings (SSSR count). The number of rotatable bonds is 10. The van der Waals surface area contributed by atoms with Crippen LogP contribution >= 0.6 is 24.0 Å². The number of ether oxygens (including phenoxy) is 2. The number of nitrogens with one attached hydrogen (secondary N) is 2. The molecule has 1 atom stereocenters. The van der Waals surface area contributed by atoms with Gasteiger partial charge in [-0.1, -0.05) is 30.3 Å². The van der Waals surface area contributed by atoms with Crippen LogP contribution in [0.25, 0.3) is 0 Å². The molecule has 0 saturated carbocycles. The molecule has 5 nitrogen and oxygen atoms in total. The third-order valence-corrected chi connectivity index (χ3v) is 4.34. The van der Waals surface area contributed by atoms with Crippen molar-refractivity contribution in [2.75, 3.05) is 32.8 Å². The molecule has 148 valence electrons. The zero-order valence-corrected chi connectivity index (χ0v) is 18.5. The van der Waals surface area contributed by atoms with Crippen molar-refractivity contribution in [1.82, 2.24) is 10.6 Å². The summed E-state index contributed by atoms with van der Waals surface area (Å²) < 4.78 is 11.5. The Morgan fingerprint density at radius 2 is 2.04 bits per heavy atom. The van der Waals surface area contributed by atoms with E-state index < -0.39 is 0 Å². The molecular weight excluding hydrogens is 441 g/mol. The molecular formula is C20H34IN3O2. The maximum absolute atomic E-state index is 5.80. The van der Waals surface area contributed by atoms with Gasteiger partial charge in [-0.2, -0.15) is 0 Å². The predicted molar refractivity (Wildman–Crippen MR) is 118 cm³/mol. The number of halogens is 1. The summed E-state index contributed by atoms with van der Waals surface area (Å²) in [5.74, 6) is 0.879. The first kappa shape index (κ1) is 23.2. The summed E-state index contributed by atoms with van der Waals surface area (Å²) in [5, 5.41) is 6.70. The largest absolute Gasteiger partial charge is 0.377 e. The fraction of sp³-hybridized carbons (Fsp3) is 0.650. The maximum atomic E-state index is 5.80. The standard InChI is InChI=1S/C20H33N3O2.HI/c1-3-21-19(23-17-20(2)12-9-15-25-20)22-13-7-8-14-24-16-18-10-5-4-6-11-18;/h4-6,10-11H,3,7-9,12-17H2,1-2H3,(H2,21,22,23);1H. The van der Waals surface area contributed by atoms with Crippen molar-refractivity contribution in [2.45, 2.75) is 51.7 Å². The molecule has 1 unspecified atom stereocenters. The van der Waals surface area contributed by atoms with Gasteiger partial charge in [0, 0.05) is 26.3 Å². The molecule has 1 heterocycles. The van der Waals surface area contributed by atoms with E-state index in [9.17, 15) is 0 Å². The lowest BCUT2D eigenvalue weighted by atomic mass is 10.0. The molecule has 26 heavy (non-hydrogen) atoms. The highest BCUT2D eigenvalue weighted by Crippen LogP contribution is 2.24. The van der Waals surface area contributed by atoms with E-state index in [1.165, 1.54) is 5.56 Å². The van der Waals surface area contributed by atoms with Gasteiger partial charge < -0.3 is 20.1 Å². The molecule has 0 radical (unpaired) electrons. The van der Waals surface area contributed by atoms with E-state index in [1.807, 2.05) is 18.2 Å². The van der Waals surface area contributed by atoms with Crippen LogP contribution in [-0.2, 0) is 16.1 Å². The Morgan fingerprint density at radius 1 is 1.23 bits per heavy atom. The van der Waals surface area contributed by atoms with E-state index in [0.717, 1.165) is 57.9 Å². The molecule has 0 amide bonds. The molecule has 1 aromatic carbocycles. The smallest absolute Gasteiger partial charge is 0.191 e. The summed E-state index contributed by atoms with van der Waals surface area (Å²) >= 11 is 0. The lowest BCUT2D eigenvalue weighted by Crippen LogP contribution is -2.39. The van der Waals surface area contributed by atoms with E-state index >= 15 is 0 Å². The first-order valence-corrected chi connectivity index (χ1v) is 9.50. The van der Waals surface area contributed by atoms with Gasteiger partial charge in [0.25, 0.3) is 0 Å². The quantitative estimate of drug-likeness (QED) is 0.235. The van der Waals surface area contributed by atoms with Gasteiger partial charge in [-0.25, -0.2) is 0 Å². The van der Waals surface area contributed by atoms with Gasteiger partial charge in [0.05, 0.1) is 18.8 Å². The fourth-order valence-electron chi connectivity index (χ4n) is 2.85. The topological polar surface area (TPSA) is 54.9 Å². The highest BCUT2D eigenvalue weighted by atomic mass is 127. The molecule has 0 aliphatic carbocycles. The van der Waals surface area contributed by atoms with Crippen LogP contribution in [0.2, 0.25) is 0 Å². The minimum absolute atomic E-state index is 0. The number of aliphatic imine (C=N–C) groups is 1. The average Bonchev–Trinajstić information content (AvgIpc) is 3.06. The molecule has 6 heteroatoms. The second-order valence-electron chi connectivity index (χ2n) is 6.77. The number of guanidine groups is 1. The number of nitrogens with zero attached hydrogens (tertiary/aromatic N) is 1. The monoisotopic (exact) mass is 475 g/mol. The van der Waals surface area contributed by atoms with Gasteiger partial charge in [0.15, 0.2) is 5.96 Å². The lowest BCUT2D eigenvalue weighted by molar-refractivity contribution is 0.0283. The fourth-order valence-corrected chi connectivity index (χ4v) is 2.85. The van der Waals surface area contributed by atoms with Crippen molar-refractivity contribution in [1.29, 1.82) is 0 Å². The Kier molecular flexibility index (Phi) is 11.9. The molecule has 0 aromatic heterocycles. The molecule has 2 N–H and O–H groups in total. The summed E-state index contributed by atoms with van der Waals surface area (Å²) in [7, 11) is 0. The number of hydrogen-bond donors (Lipinski definition) is 2. The Morgan fingerprint density at radius 3 is 2.73 bits per heavy atom. The molecule has 1 fully saturated rings. The normalized spacial score (nSPS) is 19.8. The second kappa shape index (κ2) is 13.3. The van der Waals surface area contributed by atoms with Crippen LogP contribution in [0.4, 0.5) is 0 Å². The molecule has 1 aromatic rings. The predicted octanol–water partition coefficient (Wildman–Crippen LogP) is 3.73. The van der Waals surface area contributed by atoms with Gasteiger partial charge in [-0.3, -0.25) is 4.99 Å². The van der Waals surface area contributed by atoms with Gasteiger partial charge in [-0.15, -0.1) is 24.0 Å². The third kappa shape index (κ3) is 9.19. The van der Waals surface area contributed by atoms with Gasteiger partial charge in [-0.05, 0) is 45.1 Å². The molecule has 0 spiro atoms. The van der Waals surface area contributed by atoms with Crippen LogP contribution in [0.15, 0.2) is 35.3 Å². The Bertz CT molecular complexity index is 505. The summed E-state index contributed by atoms with van der Waals surface area (Å²) in [6, 6.07) is 10.3. The van der Waals surface area contributed by atoms with Crippen LogP contribution < -0.4 is 10.6 Å². The van der Waals surface area contributed by atoms with E-state index in [0.29, 0.717) is 13.2 Å². The van der Waals surface area contributed by atoms with Crippen molar-refractivity contribution in [2.24, 2.45) is 4.99 Å². The minimum Gasteiger partial charge on any atom is -0.377 e. The molecule has 1 aliphatic heterocycles. The third-order valence-electron chi connectivity index (χ3n) is 4.34. The molecule has 1 saturated heterocycles. The summed E-state index contributed by atoms with van der Waals surface area (Å²) in [4.78, 5) is 4.68. The van der Waals surface area contributed by atoms with Crippen LogP contribution in [0.1, 0.15) is 45.1 Å². The summed E-state index contributed by atoms with van der Waals surface area (Å²) in [6.45, 7) is 9.05. The molecule has 0 bridgehead atoms. The van der Waals surface area contributed by atoms with Gasteiger partial charge >= 0.3 is 0 Å². The van der Waals surface area contributed by atoms with Crippen molar-refractivity contribution in [3.63, 3.8) is 0 Å². The van der Waals surface area contributed by atoms with Crippen molar-refractivity contribution in [3.8, 4) is 0 Å². The average molecular weight is 475 g/mol. The minimum atomic E-state index is -0.0897. The van der Waals surface area contributed by atoms with Crippen LogP contribution in [0.3, 0.4) is 0 Å². The Balaban J connectivity index is 0.00000338. The van der Waals surface area contributed by atoms with Crippen LogP contribution in [0, 0.1) is 0 Å². The van der Waals surface area contributed by atoms with Crippen LogP contribution in [0.5, 0.6) is 0 Å². The zero-order valence-electron chi connectivity index (χ0n) is 16.1. The van der Waals surface area contributed by atoms with E-state index in [4.69, 9.17) is 9.47 Å². The van der Waals surface area contributed by atoms with Gasteiger partial charge in [0.1, 0.15) is 0 Å². The zero-order chi connectivity index (χ0) is 17.8. The van der Waals surface area contributed by atoms with Crippen molar-refractivity contribution in [3.05, 3.63) is 35.9 Å². The summed E-state index contributed by atoms with van der Waals surface area (Å²) in [5.41, 5.74) is 1.14. The second-order valence-corrected chi connectivity index (χ2v) is 6.77. The number of unbranched alkanes of at least 4 members (excludes halogenated alkanes) is 1. The van der Waals surface area contributed by atoms with Gasteiger partial charge in [0.2, 0.25) is 0 Å². The number of benzene rings is 1. The van der Waals surface area contributed by atoms with E-state index in [2.05, 4.69) is 41.6 Å². The van der Waals surface area contributed by atoms with Crippen LogP contribution in [-0.4, -0.2) is 44.4 Å².